The van der Waals surface area contributed by atoms with Crippen LogP contribution < -0.4 is 4.74 Å². The Bertz CT molecular complexity index is 1450. The zero-order valence-corrected chi connectivity index (χ0v) is 23.1. The summed E-state index contributed by atoms with van der Waals surface area (Å²) < 4.78 is 6.13. The van der Waals surface area contributed by atoms with E-state index in [0.29, 0.717) is 23.6 Å². The molecule has 38 heavy (non-hydrogen) atoms. The zero-order chi connectivity index (χ0) is 26.9. The van der Waals surface area contributed by atoms with Gasteiger partial charge in [-0.3, -0.25) is 4.79 Å². The van der Waals surface area contributed by atoms with E-state index in [-0.39, 0.29) is 11.2 Å². The quantitative estimate of drug-likeness (QED) is 0.200. The lowest BCUT2D eigenvalue weighted by Crippen LogP contribution is -2.21. The second-order valence-electron chi connectivity index (χ2n) is 9.21. The summed E-state index contributed by atoms with van der Waals surface area (Å²) in [7, 11) is 3.56. The number of carbonyl (C=O) groups is 1. The fraction of sp³-hybridized carbons (Fsp3) is 0.258. The number of amides is 1. The summed E-state index contributed by atoms with van der Waals surface area (Å²) in [5.41, 5.74) is 4.55. The van der Waals surface area contributed by atoms with E-state index in [2.05, 4.69) is 23.2 Å². The van der Waals surface area contributed by atoms with E-state index in [1.807, 2.05) is 66.7 Å². The number of hydrogen-bond donors (Lipinski definition) is 0. The summed E-state index contributed by atoms with van der Waals surface area (Å²) in [5, 5.41) is 11.3. The molecule has 194 valence electrons. The van der Waals surface area contributed by atoms with Crippen LogP contribution in [0.1, 0.15) is 40.5 Å². The van der Waals surface area contributed by atoms with Crippen LogP contribution in [0.2, 0.25) is 5.02 Å². The van der Waals surface area contributed by atoms with Crippen LogP contribution in [0.15, 0.2) is 78.9 Å². The Balaban J connectivity index is 1.47. The minimum absolute atomic E-state index is 0.118. The van der Waals surface area contributed by atoms with Crippen molar-refractivity contribution in [2.24, 2.45) is 0 Å². The highest BCUT2D eigenvalue weighted by molar-refractivity contribution is 7.99. The molecule has 1 heterocycles. The summed E-state index contributed by atoms with van der Waals surface area (Å²) in [6.45, 7) is 0.344. The first-order valence-electron chi connectivity index (χ1n) is 12.5. The second-order valence-corrected chi connectivity index (χ2v) is 11.0. The van der Waals surface area contributed by atoms with Crippen molar-refractivity contribution in [2.45, 2.75) is 31.1 Å². The van der Waals surface area contributed by atoms with Crippen LogP contribution >= 0.6 is 23.4 Å². The average molecular weight is 544 g/mol. The number of halogens is 1. The maximum atomic E-state index is 12.1. The monoisotopic (exact) mass is 543 g/mol. The van der Waals surface area contributed by atoms with Crippen molar-refractivity contribution in [3.8, 4) is 11.8 Å². The number of hydrogen-bond acceptors (Lipinski definition) is 5. The van der Waals surface area contributed by atoms with Crippen LogP contribution in [0.25, 0.3) is 10.9 Å². The van der Waals surface area contributed by atoms with Gasteiger partial charge in [-0.2, -0.15) is 17.0 Å². The first kappa shape index (κ1) is 27.5. The van der Waals surface area contributed by atoms with E-state index >= 15 is 0 Å². The van der Waals surface area contributed by atoms with Gasteiger partial charge in [-0.15, -0.1) is 0 Å². The first-order chi connectivity index (χ1) is 18.4. The zero-order valence-electron chi connectivity index (χ0n) is 21.6. The maximum Gasteiger partial charge on any atom is 0.222 e. The SMILES string of the molecule is CN(C)C(=O)CCSC(CCc1ccccc1C#N)c1cccc(OCc2ccc3ccc(Cl)cc3n2)c1. The summed E-state index contributed by atoms with van der Waals surface area (Å²) in [4.78, 5) is 18.5. The molecule has 0 aliphatic carbocycles. The van der Waals surface area contributed by atoms with Gasteiger partial charge in [0.1, 0.15) is 12.4 Å². The van der Waals surface area contributed by atoms with Crippen molar-refractivity contribution in [2.75, 3.05) is 19.8 Å². The van der Waals surface area contributed by atoms with E-state index in [1.54, 1.807) is 30.8 Å². The molecule has 0 fully saturated rings. The molecule has 7 heteroatoms. The number of rotatable bonds is 11. The number of aryl methyl sites for hydroxylation is 1. The standard InChI is InChI=1S/C31H30ClN3O2S/c1-35(2)31(36)16-17-38-30(15-12-22-6-3-4-7-25(22)20-33)24-8-5-9-28(18-24)37-21-27-14-11-23-10-13-26(32)19-29(23)34-27/h3-11,13-14,18-19,30H,12,15-17,21H2,1-2H3. The minimum atomic E-state index is 0.118. The number of nitrogens with zero attached hydrogens (tertiary/aromatic N) is 3. The van der Waals surface area contributed by atoms with Gasteiger partial charge in [0.05, 0.1) is 22.8 Å². The fourth-order valence-electron chi connectivity index (χ4n) is 4.17. The van der Waals surface area contributed by atoms with Crippen molar-refractivity contribution in [3.63, 3.8) is 0 Å². The highest BCUT2D eigenvalue weighted by atomic mass is 35.5. The molecule has 0 saturated carbocycles. The lowest BCUT2D eigenvalue weighted by molar-refractivity contribution is -0.128. The van der Waals surface area contributed by atoms with Crippen LogP contribution in [0.4, 0.5) is 0 Å². The predicted molar refractivity (Wildman–Crippen MR) is 156 cm³/mol. The van der Waals surface area contributed by atoms with Gasteiger partial charge in [-0.05, 0) is 60.4 Å². The number of pyridine rings is 1. The van der Waals surface area contributed by atoms with E-state index in [0.717, 1.165) is 52.1 Å². The number of fused-ring (bicyclic) bond motifs is 1. The fourth-order valence-corrected chi connectivity index (χ4v) is 5.53. The van der Waals surface area contributed by atoms with Gasteiger partial charge in [0, 0.05) is 41.9 Å². The van der Waals surface area contributed by atoms with Crippen molar-refractivity contribution in [3.05, 3.63) is 106 Å². The molecule has 3 aromatic carbocycles. The molecule has 5 nitrogen and oxygen atoms in total. The number of carbonyl (C=O) groups excluding carboxylic acids is 1. The third-order valence-electron chi connectivity index (χ3n) is 6.28. The molecule has 4 aromatic rings. The van der Waals surface area contributed by atoms with E-state index in [4.69, 9.17) is 16.3 Å². The smallest absolute Gasteiger partial charge is 0.222 e. The second kappa shape index (κ2) is 13.3. The van der Waals surface area contributed by atoms with Gasteiger partial charge in [0.15, 0.2) is 0 Å². The highest BCUT2D eigenvalue weighted by Crippen LogP contribution is 2.36. The molecule has 0 spiro atoms. The molecule has 0 radical (unpaired) electrons. The molecular weight excluding hydrogens is 514 g/mol. The summed E-state index contributed by atoms with van der Waals surface area (Å²) in [5.74, 6) is 1.60. The summed E-state index contributed by atoms with van der Waals surface area (Å²) in [6.07, 6.45) is 2.10. The van der Waals surface area contributed by atoms with Crippen LogP contribution in [0.5, 0.6) is 5.75 Å². The maximum absolute atomic E-state index is 12.1. The molecule has 0 saturated heterocycles. The van der Waals surface area contributed by atoms with E-state index < -0.39 is 0 Å². The number of nitriles is 1. The average Bonchev–Trinajstić information content (AvgIpc) is 2.93. The molecule has 0 bridgehead atoms. The number of aromatic nitrogens is 1. The topological polar surface area (TPSA) is 66.2 Å². The number of benzene rings is 3. The van der Waals surface area contributed by atoms with E-state index in [9.17, 15) is 10.1 Å². The van der Waals surface area contributed by atoms with Crippen LogP contribution in [-0.4, -0.2) is 35.6 Å². The first-order valence-corrected chi connectivity index (χ1v) is 13.9. The molecule has 1 aromatic heterocycles. The normalized spacial score (nSPS) is 11.6. The lowest BCUT2D eigenvalue weighted by atomic mass is 10.00. The minimum Gasteiger partial charge on any atom is -0.487 e. The van der Waals surface area contributed by atoms with Crippen LogP contribution in [-0.2, 0) is 17.8 Å². The van der Waals surface area contributed by atoms with Crippen molar-refractivity contribution in [1.82, 2.24) is 9.88 Å². The van der Waals surface area contributed by atoms with Gasteiger partial charge in [0.2, 0.25) is 5.91 Å². The van der Waals surface area contributed by atoms with Crippen LogP contribution in [0, 0.1) is 11.3 Å². The Morgan fingerprint density at radius 3 is 2.71 bits per heavy atom. The highest BCUT2D eigenvalue weighted by Gasteiger charge is 2.16. The Kier molecular flexibility index (Phi) is 9.64. The van der Waals surface area contributed by atoms with Crippen LogP contribution in [0.3, 0.4) is 0 Å². The predicted octanol–water partition coefficient (Wildman–Crippen LogP) is 7.22. The van der Waals surface area contributed by atoms with Gasteiger partial charge >= 0.3 is 0 Å². The number of ether oxygens (including phenoxy) is 1. The van der Waals surface area contributed by atoms with Gasteiger partial charge < -0.3 is 9.64 Å². The van der Waals surface area contributed by atoms with Gasteiger partial charge in [-0.1, -0.05) is 54.1 Å². The Morgan fingerprint density at radius 1 is 1.08 bits per heavy atom. The number of thioether (sulfide) groups is 1. The summed E-state index contributed by atoms with van der Waals surface area (Å²) >= 11 is 7.90. The Hall–Kier alpha value is -3.53. The molecule has 0 aliphatic rings. The van der Waals surface area contributed by atoms with E-state index in [1.165, 1.54) is 0 Å². The summed E-state index contributed by atoms with van der Waals surface area (Å²) in [6, 6.07) is 27.8. The van der Waals surface area contributed by atoms with Crippen molar-refractivity contribution >= 4 is 40.2 Å². The molecule has 0 aliphatic heterocycles. The Labute approximate surface area is 233 Å². The Morgan fingerprint density at radius 2 is 1.89 bits per heavy atom. The van der Waals surface area contributed by atoms with Crippen molar-refractivity contribution < 1.29 is 9.53 Å². The lowest BCUT2D eigenvalue weighted by Gasteiger charge is -2.19. The van der Waals surface area contributed by atoms with Gasteiger partial charge in [0.25, 0.3) is 0 Å². The largest absolute Gasteiger partial charge is 0.487 e. The molecule has 1 unspecified atom stereocenters. The molecule has 1 atom stereocenters. The van der Waals surface area contributed by atoms with Gasteiger partial charge in [-0.25, -0.2) is 4.98 Å². The molecular formula is C31H30ClN3O2S. The molecule has 1 amide bonds. The van der Waals surface area contributed by atoms with Crippen molar-refractivity contribution in [1.29, 1.82) is 5.26 Å². The third kappa shape index (κ3) is 7.50. The third-order valence-corrected chi connectivity index (χ3v) is 7.86. The molecule has 4 rings (SSSR count). The molecule has 0 N–H and O–H groups in total.